The van der Waals surface area contributed by atoms with E-state index in [-0.39, 0.29) is 11.5 Å². The first-order valence-electron chi connectivity index (χ1n) is 6.85. The lowest BCUT2D eigenvalue weighted by Crippen LogP contribution is -2.47. The van der Waals surface area contributed by atoms with Crippen molar-refractivity contribution in [1.82, 2.24) is 4.72 Å². The second-order valence-corrected chi connectivity index (χ2v) is 6.49. The van der Waals surface area contributed by atoms with E-state index in [2.05, 4.69) is 9.46 Å². The fourth-order valence-corrected chi connectivity index (χ4v) is 2.69. The zero-order chi connectivity index (χ0) is 16.8. The van der Waals surface area contributed by atoms with Crippen molar-refractivity contribution in [3.8, 4) is 5.75 Å². The van der Waals surface area contributed by atoms with Crippen molar-refractivity contribution in [3.05, 3.63) is 24.3 Å². The van der Waals surface area contributed by atoms with Gasteiger partial charge in [-0.15, -0.1) is 0 Å². The van der Waals surface area contributed by atoms with Gasteiger partial charge in [-0.25, -0.2) is 17.9 Å². The molecule has 0 bridgehead atoms. The molecule has 1 atom stereocenters. The molecular weight excluding hydrogens is 310 g/mol. The van der Waals surface area contributed by atoms with Crippen LogP contribution in [-0.2, 0) is 19.6 Å². The van der Waals surface area contributed by atoms with Crippen LogP contribution < -0.4 is 9.46 Å². The van der Waals surface area contributed by atoms with Crippen molar-refractivity contribution in [1.29, 1.82) is 0 Å². The van der Waals surface area contributed by atoms with Crippen LogP contribution in [-0.4, -0.2) is 44.9 Å². The normalized spacial score (nSPS) is 14.2. The molecule has 1 aromatic carbocycles. The Morgan fingerprint density at radius 2 is 1.82 bits per heavy atom. The summed E-state index contributed by atoms with van der Waals surface area (Å²) in [5.41, 5.74) is -1.94. The molecule has 0 saturated carbocycles. The monoisotopic (exact) mass is 331 g/mol. The third kappa shape index (κ3) is 4.97. The van der Waals surface area contributed by atoms with Crippen LogP contribution in [0.2, 0.25) is 0 Å². The highest BCUT2D eigenvalue weighted by Crippen LogP contribution is 2.16. The molecule has 0 fully saturated rings. The van der Waals surface area contributed by atoms with E-state index < -0.39 is 28.1 Å². The molecule has 0 radical (unpaired) electrons. The molecule has 7 nitrogen and oxygen atoms in total. The summed E-state index contributed by atoms with van der Waals surface area (Å²) >= 11 is 0. The van der Waals surface area contributed by atoms with Crippen molar-refractivity contribution >= 4 is 16.0 Å². The number of hydrogen-bond donors (Lipinski definition) is 2. The lowest BCUT2D eigenvalue weighted by molar-refractivity contribution is -0.162. The van der Waals surface area contributed by atoms with Gasteiger partial charge >= 0.3 is 5.97 Å². The molecular formula is C14H21NO6S. The third-order valence-corrected chi connectivity index (χ3v) is 4.18. The van der Waals surface area contributed by atoms with Crippen molar-refractivity contribution < 1.29 is 27.8 Å². The number of carbonyl (C=O) groups is 1. The number of rotatable bonds is 8. The smallest absolute Gasteiger partial charge is 0.339 e. The molecule has 1 aromatic rings. The Morgan fingerprint density at radius 1 is 1.23 bits per heavy atom. The second kappa shape index (κ2) is 7.57. The summed E-state index contributed by atoms with van der Waals surface area (Å²) in [5, 5.41) is 9.92. The van der Waals surface area contributed by atoms with Gasteiger partial charge in [0.15, 0.2) is 5.60 Å². The van der Waals surface area contributed by atoms with Gasteiger partial charge in [0.05, 0.1) is 24.7 Å². The molecule has 124 valence electrons. The van der Waals surface area contributed by atoms with Crippen LogP contribution >= 0.6 is 0 Å². The molecule has 0 unspecified atom stereocenters. The van der Waals surface area contributed by atoms with Gasteiger partial charge in [-0.05, 0) is 45.0 Å². The topological polar surface area (TPSA) is 102 Å². The molecule has 0 amide bonds. The Labute approximate surface area is 130 Å². The lowest BCUT2D eigenvalue weighted by Gasteiger charge is -2.21. The van der Waals surface area contributed by atoms with Crippen LogP contribution in [0.3, 0.4) is 0 Å². The first-order chi connectivity index (χ1) is 10.2. The van der Waals surface area contributed by atoms with E-state index in [9.17, 15) is 18.3 Å². The van der Waals surface area contributed by atoms with E-state index in [4.69, 9.17) is 4.74 Å². The second-order valence-electron chi connectivity index (χ2n) is 4.72. The first-order valence-corrected chi connectivity index (χ1v) is 8.33. The van der Waals surface area contributed by atoms with E-state index >= 15 is 0 Å². The predicted octanol–water partition coefficient (Wildman–Crippen LogP) is 0.678. The van der Waals surface area contributed by atoms with E-state index in [1.54, 1.807) is 6.92 Å². The van der Waals surface area contributed by atoms with E-state index in [0.717, 1.165) is 0 Å². The fourth-order valence-electron chi connectivity index (χ4n) is 1.56. The predicted molar refractivity (Wildman–Crippen MR) is 80.1 cm³/mol. The third-order valence-electron chi connectivity index (χ3n) is 2.77. The first kappa shape index (κ1) is 18.4. The Bertz CT molecular complexity index is 594. The molecule has 0 aliphatic carbocycles. The standard InChI is InChI=1S/C14H21NO6S/c1-4-20-11-6-8-12(9-7-11)22(18,19)15-10-14(3,17)13(16)21-5-2/h6-9,15,17H,4-5,10H2,1-3H3/t14-/m1/s1. The quantitative estimate of drug-likeness (QED) is 0.679. The van der Waals surface area contributed by atoms with Crippen molar-refractivity contribution in [2.24, 2.45) is 0 Å². The van der Waals surface area contributed by atoms with Gasteiger partial charge in [0.25, 0.3) is 0 Å². The SMILES string of the molecule is CCOC(=O)[C@](C)(O)CNS(=O)(=O)c1ccc(OCC)cc1. The van der Waals surface area contributed by atoms with Crippen LogP contribution in [0.4, 0.5) is 0 Å². The summed E-state index contributed by atoms with van der Waals surface area (Å²) in [6.45, 7) is 4.70. The molecule has 0 saturated heterocycles. The number of nitrogens with one attached hydrogen (secondary N) is 1. The number of carbonyl (C=O) groups excluding carboxylic acids is 1. The van der Waals surface area contributed by atoms with E-state index in [1.165, 1.54) is 31.2 Å². The van der Waals surface area contributed by atoms with Crippen LogP contribution in [0.5, 0.6) is 5.75 Å². The zero-order valence-corrected chi connectivity index (χ0v) is 13.6. The molecule has 0 spiro atoms. The molecule has 0 aliphatic heterocycles. The minimum atomic E-state index is -3.85. The summed E-state index contributed by atoms with van der Waals surface area (Å²) in [4.78, 5) is 11.5. The van der Waals surface area contributed by atoms with Crippen molar-refractivity contribution in [2.45, 2.75) is 31.3 Å². The highest BCUT2D eigenvalue weighted by molar-refractivity contribution is 7.89. The van der Waals surface area contributed by atoms with Crippen molar-refractivity contribution in [2.75, 3.05) is 19.8 Å². The minimum Gasteiger partial charge on any atom is -0.494 e. The highest BCUT2D eigenvalue weighted by Gasteiger charge is 2.33. The lowest BCUT2D eigenvalue weighted by atomic mass is 10.1. The molecule has 0 heterocycles. The van der Waals surface area contributed by atoms with E-state index in [0.29, 0.717) is 12.4 Å². The maximum Gasteiger partial charge on any atom is 0.339 e. The Balaban J connectivity index is 2.77. The highest BCUT2D eigenvalue weighted by atomic mass is 32.2. The average molecular weight is 331 g/mol. The number of aliphatic hydroxyl groups is 1. The van der Waals surface area contributed by atoms with Gasteiger partial charge in [-0.3, -0.25) is 0 Å². The maximum absolute atomic E-state index is 12.1. The zero-order valence-electron chi connectivity index (χ0n) is 12.8. The van der Waals surface area contributed by atoms with Gasteiger partial charge < -0.3 is 14.6 Å². The van der Waals surface area contributed by atoms with Crippen molar-refractivity contribution in [3.63, 3.8) is 0 Å². The summed E-state index contributed by atoms with van der Waals surface area (Å²) in [6.07, 6.45) is 0. The molecule has 2 N–H and O–H groups in total. The largest absolute Gasteiger partial charge is 0.494 e. The van der Waals surface area contributed by atoms with E-state index in [1.807, 2.05) is 6.92 Å². The fraction of sp³-hybridized carbons (Fsp3) is 0.500. The number of sulfonamides is 1. The Hall–Kier alpha value is -1.64. The van der Waals surface area contributed by atoms with Crippen LogP contribution in [0, 0.1) is 0 Å². The number of ether oxygens (including phenoxy) is 2. The summed E-state index contributed by atoms with van der Waals surface area (Å²) < 4.78 is 36.3. The van der Waals surface area contributed by atoms with Crippen LogP contribution in [0.15, 0.2) is 29.2 Å². The molecule has 8 heteroatoms. The molecule has 0 aliphatic rings. The molecule has 1 rings (SSSR count). The Kier molecular flexibility index (Phi) is 6.34. The number of benzene rings is 1. The van der Waals surface area contributed by atoms with Crippen LogP contribution in [0.25, 0.3) is 0 Å². The maximum atomic E-state index is 12.1. The average Bonchev–Trinajstić information content (AvgIpc) is 2.47. The molecule has 22 heavy (non-hydrogen) atoms. The Morgan fingerprint density at radius 3 is 2.32 bits per heavy atom. The van der Waals surface area contributed by atoms with Gasteiger partial charge in [0.2, 0.25) is 10.0 Å². The van der Waals surface area contributed by atoms with Gasteiger partial charge in [0, 0.05) is 0 Å². The van der Waals surface area contributed by atoms with Crippen LogP contribution in [0.1, 0.15) is 20.8 Å². The van der Waals surface area contributed by atoms with Gasteiger partial charge in [0.1, 0.15) is 5.75 Å². The number of hydrogen-bond acceptors (Lipinski definition) is 6. The number of esters is 1. The van der Waals surface area contributed by atoms with Gasteiger partial charge in [-0.1, -0.05) is 0 Å². The minimum absolute atomic E-state index is 0.00983. The summed E-state index contributed by atoms with van der Waals surface area (Å²) in [6, 6.07) is 5.82. The summed E-state index contributed by atoms with van der Waals surface area (Å²) in [5.74, 6) is -0.329. The summed E-state index contributed by atoms with van der Waals surface area (Å²) in [7, 11) is -3.85. The van der Waals surface area contributed by atoms with Gasteiger partial charge in [-0.2, -0.15) is 0 Å². The molecule has 0 aromatic heterocycles.